The van der Waals surface area contributed by atoms with Crippen molar-refractivity contribution in [3.05, 3.63) is 47.6 Å². The van der Waals surface area contributed by atoms with Crippen LogP contribution in [0.5, 0.6) is 0 Å². The van der Waals surface area contributed by atoms with E-state index in [-0.39, 0.29) is 11.3 Å². The molecule has 0 spiro atoms. The first-order chi connectivity index (χ1) is 12.3. The van der Waals surface area contributed by atoms with E-state index in [9.17, 15) is 18.0 Å². The molecule has 0 aliphatic heterocycles. The van der Waals surface area contributed by atoms with Crippen LogP contribution >= 0.6 is 0 Å². The molecule has 0 unspecified atom stereocenters. The summed E-state index contributed by atoms with van der Waals surface area (Å²) < 4.78 is 39.3. The fraction of sp³-hybridized carbons (Fsp3) is 0.0625. The maximum Gasteiger partial charge on any atom is 0.419 e. The van der Waals surface area contributed by atoms with Gasteiger partial charge >= 0.3 is 6.18 Å². The zero-order chi connectivity index (χ0) is 18.9. The lowest BCUT2D eigenvalue weighted by Gasteiger charge is -2.09. The van der Waals surface area contributed by atoms with Gasteiger partial charge in [0, 0.05) is 29.6 Å². The van der Waals surface area contributed by atoms with Crippen molar-refractivity contribution in [2.75, 3.05) is 0 Å². The van der Waals surface area contributed by atoms with E-state index < -0.39 is 23.3 Å². The lowest BCUT2D eigenvalue weighted by atomic mass is 10.1. The van der Waals surface area contributed by atoms with E-state index in [1.165, 1.54) is 24.5 Å². The number of halogens is 3. The maximum absolute atomic E-state index is 13.1. The topological polar surface area (TPSA) is 121 Å². The molecule has 0 fully saturated rings. The zero-order valence-electron chi connectivity index (χ0n) is 12.9. The first kappa shape index (κ1) is 17.1. The van der Waals surface area contributed by atoms with Crippen molar-refractivity contribution in [2.24, 2.45) is 5.73 Å². The molecular weight excluding hydrogens is 349 g/mol. The highest BCUT2D eigenvalue weighted by Gasteiger charge is 2.35. The monoisotopic (exact) mass is 358 g/mol. The number of hydrogen-bond acceptors (Lipinski definition) is 5. The third-order valence-electron chi connectivity index (χ3n) is 3.43. The molecule has 0 bridgehead atoms. The number of nitrogens with two attached hydrogens (primary N) is 1. The van der Waals surface area contributed by atoms with Crippen LogP contribution in [0.4, 0.5) is 13.2 Å². The van der Waals surface area contributed by atoms with Crippen molar-refractivity contribution in [1.29, 1.82) is 5.26 Å². The van der Waals surface area contributed by atoms with Crippen LogP contribution in [-0.2, 0) is 11.0 Å². The Bertz CT molecular complexity index is 1080. The number of alkyl halides is 3. The summed E-state index contributed by atoms with van der Waals surface area (Å²) in [5.74, 6) is -0.658. The van der Waals surface area contributed by atoms with Gasteiger partial charge in [-0.1, -0.05) is 0 Å². The van der Waals surface area contributed by atoms with Crippen molar-refractivity contribution in [3.8, 4) is 17.3 Å². The number of H-pyrrole nitrogens is 1. The molecule has 1 amide bonds. The minimum absolute atomic E-state index is 0.0526. The second-order valence-electron chi connectivity index (χ2n) is 5.16. The first-order valence-corrected chi connectivity index (χ1v) is 7.09. The van der Waals surface area contributed by atoms with Gasteiger partial charge in [0.2, 0.25) is 5.91 Å². The van der Waals surface area contributed by atoms with Gasteiger partial charge in [-0.3, -0.25) is 4.79 Å². The average molecular weight is 358 g/mol. The summed E-state index contributed by atoms with van der Waals surface area (Å²) in [6.45, 7) is 0. The van der Waals surface area contributed by atoms with Gasteiger partial charge in [-0.15, -0.1) is 0 Å². The maximum atomic E-state index is 13.1. The number of aromatic nitrogens is 4. The molecule has 7 nitrogen and oxygen atoms in total. The van der Waals surface area contributed by atoms with Crippen molar-refractivity contribution in [3.63, 3.8) is 0 Å². The molecule has 130 valence electrons. The quantitative estimate of drug-likeness (QED) is 0.696. The highest BCUT2D eigenvalue weighted by Crippen LogP contribution is 2.33. The van der Waals surface area contributed by atoms with Crippen molar-refractivity contribution >= 4 is 23.1 Å². The minimum atomic E-state index is -4.73. The fourth-order valence-corrected chi connectivity index (χ4v) is 2.26. The normalized spacial score (nSPS) is 11.8. The van der Waals surface area contributed by atoms with Gasteiger partial charge in [0.15, 0.2) is 11.3 Å². The molecular formula is C16H9F3N6O. The first-order valence-electron chi connectivity index (χ1n) is 7.09. The lowest BCUT2D eigenvalue weighted by Crippen LogP contribution is -2.09. The summed E-state index contributed by atoms with van der Waals surface area (Å²) in [5, 5.41) is 8.81. The average Bonchev–Trinajstić information content (AvgIpc) is 3.00. The number of nitrogens with zero attached hydrogens (tertiary/aromatic N) is 4. The molecule has 3 N–H and O–H groups in total. The molecule has 3 heterocycles. The SMILES string of the molecule is N#Cc1ncc(-c2cnc3[nH]cc(C=CC(N)=O)c3n2)cc1C(F)(F)F. The Hall–Kier alpha value is -3.74. The Balaban J connectivity index is 2.13. The minimum Gasteiger partial charge on any atom is -0.366 e. The fourth-order valence-electron chi connectivity index (χ4n) is 2.26. The number of nitriles is 1. The second-order valence-corrected chi connectivity index (χ2v) is 5.16. The molecule has 0 aliphatic rings. The van der Waals surface area contributed by atoms with Crippen LogP contribution in [0.3, 0.4) is 0 Å². The summed E-state index contributed by atoms with van der Waals surface area (Å²) in [4.78, 5) is 25.6. The van der Waals surface area contributed by atoms with Crippen LogP contribution in [0, 0.1) is 11.3 Å². The van der Waals surface area contributed by atoms with Crippen molar-refractivity contribution < 1.29 is 18.0 Å². The predicted octanol–water partition coefficient (Wildman–Crippen LogP) is 2.41. The Labute approximate surface area is 144 Å². The molecule has 3 rings (SSSR count). The van der Waals surface area contributed by atoms with E-state index in [0.29, 0.717) is 16.7 Å². The van der Waals surface area contributed by atoms with Crippen LogP contribution in [0.2, 0.25) is 0 Å². The van der Waals surface area contributed by atoms with E-state index in [2.05, 4.69) is 19.9 Å². The Morgan fingerprint density at radius 3 is 2.73 bits per heavy atom. The van der Waals surface area contributed by atoms with Crippen molar-refractivity contribution in [1.82, 2.24) is 19.9 Å². The molecule has 0 saturated carbocycles. The largest absolute Gasteiger partial charge is 0.419 e. The van der Waals surface area contributed by atoms with Gasteiger partial charge in [-0.25, -0.2) is 15.0 Å². The molecule has 10 heteroatoms. The van der Waals surface area contributed by atoms with Gasteiger partial charge in [0.25, 0.3) is 0 Å². The third-order valence-corrected chi connectivity index (χ3v) is 3.43. The zero-order valence-corrected chi connectivity index (χ0v) is 12.9. The number of carbonyl (C=O) groups excluding carboxylic acids is 1. The highest BCUT2D eigenvalue weighted by atomic mass is 19.4. The molecule has 3 aromatic heterocycles. The van der Waals surface area contributed by atoms with E-state index in [1.54, 1.807) is 0 Å². The van der Waals surface area contributed by atoms with Crippen LogP contribution in [0.1, 0.15) is 16.8 Å². The van der Waals surface area contributed by atoms with E-state index in [4.69, 9.17) is 11.0 Å². The standard InChI is InChI=1S/C16H9F3N6O/c17-16(18,19)10-3-9(6-22-11(10)4-20)12-7-24-15-14(25-12)8(5-23-15)1-2-13(21)26/h1-3,5-7H,(H2,21,26)(H,23,24). The molecule has 26 heavy (non-hydrogen) atoms. The van der Waals surface area contributed by atoms with Gasteiger partial charge in [0.1, 0.15) is 11.6 Å². The molecule has 0 saturated heterocycles. The molecule has 0 aliphatic carbocycles. The number of rotatable bonds is 3. The van der Waals surface area contributed by atoms with Crippen LogP contribution < -0.4 is 5.73 Å². The smallest absolute Gasteiger partial charge is 0.366 e. The number of amides is 1. The van der Waals surface area contributed by atoms with E-state index >= 15 is 0 Å². The Morgan fingerprint density at radius 2 is 2.08 bits per heavy atom. The number of aromatic amines is 1. The van der Waals surface area contributed by atoms with Crippen molar-refractivity contribution in [2.45, 2.75) is 6.18 Å². The number of nitrogens with one attached hydrogen (secondary N) is 1. The number of carbonyl (C=O) groups is 1. The van der Waals surface area contributed by atoms with Crippen LogP contribution in [0.15, 0.2) is 30.7 Å². The number of hydrogen-bond donors (Lipinski definition) is 2. The Kier molecular flexibility index (Phi) is 4.13. The summed E-state index contributed by atoms with van der Waals surface area (Å²) >= 11 is 0. The van der Waals surface area contributed by atoms with Gasteiger partial charge in [-0.2, -0.15) is 18.4 Å². The third kappa shape index (κ3) is 3.23. The number of primary amides is 1. The van der Waals surface area contributed by atoms with Gasteiger partial charge in [0.05, 0.1) is 17.5 Å². The van der Waals surface area contributed by atoms with Gasteiger partial charge < -0.3 is 10.7 Å². The molecule has 0 radical (unpaired) electrons. The number of fused-ring (bicyclic) bond motifs is 1. The summed E-state index contributed by atoms with van der Waals surface area (Å²) in [7, 11) is 0. The summed E-state index contributed by atoms with van der Waals surface area (Å²) in [6, 6.07) is 2.22. The van der Waals surface area contributed by atoms with Crippen LogP contribution in [0.25, 0.3) is 28.5 Å². The van der Waals surface area contributed by atoms with Gasteiger partial charge in [-0.05, 0) is 12.1 Å². The summed E-state index contributed by atoms with van der Waals surface area (Å²) in [6.07, 6.45) is 1.75. The summed E-state index contributed by atoms with van der Waals surface area (Å²) in [5.41, 5.74) is 4.58. The second kappa shape index (κ2) is 6.29. The van der Waals surface area contributed by atoms with E-state index in [1.807, 2.05) is 0 Å². The van der Waals surface area contributed by atoms with Crippen LogP contribution in [-0.4, -0.2) is 25.8 Å². The molecule has 0 atom stereocenters. The highest BCUT2D eigenvalue weighted by molar-refractivity contribution is 5.93. The van der Waals surface area contributed by atoms with E-state index in [0.717, 1.165) is 18.3 Å². The lowest BCUT2D eigenvalue weighted by molar-refractivity contribution is -0.138. The number of pyridine rings is 1. The Morgan fingerprint density at radius 1 is 1.31 bits per heavy atom. The predicted molar refractivity (Wildman–Crippen MR) is 85.1 cm³/mol. The molecule has 0 aromatic carbocycles. The molecule has 3 aromatic rings.